The second kappa shape index (κ2) is 5.84. The van der Waals surface area contributed by atoms with Crippen molar-refractivity contribution >= 4 is 17.9 Å². The minimum atomic E-state index is -1.09. The van der Waals surface area contributed by atoms with E-state index >= 15 is 0 Å². The summed E-state index contributed by atoms with van der Waals surface area (Å²) < 4.78 is 0. The number of hydrogen-bond donors (Lipinski definition) is 3. The number of nitrogens with zero attached hydrogens (tertiary/aromatic N) is 1. The van der Waals surface area contributed by atoms with Gasteiger partial charge in [-0.2, -0.15) is 0 Å². The lowest BCUT2D eigenvalue weighted by Crippen LogP contribution is -2.48. The molecule has 0 saturated carbocycles. The summed E-state index contributed by atoms with van der Waals surface area (Å²) in [5.41, 5.74) is 4.82. The molecule has 86 valence electrons. The van der Waals surface area contributed by atoms with E-state index in [0.717, 1.165) is 4.90 Å². The van der Waals surface area contributed by atoms with Crippen LogP contribution in [0.5, 0.6) is 0 Å². The topological polar surface area (TPSA) is 113 Å². The van der Waals surface area contributed by atoms with Gasteiger partial charge in [-0.25, -0.2) is 9.59 Å². The SMILES string of the molecule is CCC(C(=O)O)N(C)C(=O)NCC(N)=O. The second-order valence-electron chi connectivity index (χ2n) is 3.00. The maximum atomic E-state index is 11.3. The molecule has 0 aromatic rings. The third kappa shape index (κ3) is 4.30. The van der Waals surface area contributed by atoms with Crippen LogP contribution < -0.4 is 11.1 Å². The van der Waals surface area contributed by atoms with Gasteiger partial charge in [0.15, 0.2) is 0 Å². The Morgan fingerprint density at radius 3 is 2.33 bits per heavy atom. The van der Waals surface area contributed by atoms with Gasteiger partial charge in [-0.15, -0.1) is 0 Å². The van der Waals surface area contributed by atoms with Gasteiger partial charge in [0.25, 0.3) is 0 Å². The van der Waals surface area contributed by atoms with E-state index in [1.807, 2.05) is 0 Å². The lowest BCUT2D eigenvalue weighted by molar-refractivity contribution is -0.141. The number of carboxylic acid groups (broad SMARTS) is 1. The second-order valence-corrected chi connectivity index (χ2v) is 3.00. The molecule has 0 rings (SSSR count). The minimum Gasteiger partial charge on any atom is -0.480 e. The van der Waals surface area contributed by atoms with Gasteiger partial charge >= 0.3 is 12.0 Å². The highest BCUT2D eigenvalue weighted by molar-refractivity contribution is 5.85. The van der Waals surface area contributed by atoms with Crippen molar-refractivity contribution in [3.63, 3.8) is 0 Å². The zero-order valence-corrected chi connectivity index (χ0v) is 8.69. The third-order valence-corrected chi connectivity index (χ3v) is 1.87. The van der Waals surface area contributed by atoms with Crippen LogP contribution in [0.2, 0.25) is 0 Å². The van der Waals surface area contributed by atoms with E-state index in [0.29, 0.717) is 0 Å². The fourth-order valence-electron chi connectivity index (χ4n) is 1.04. The molecular formula is C8H15N3O4. The lowest BCUT2D eigenvalue weighted by Gasteiger charge is -2.23. The summed E-state index contributed by atoms with van der Waals surface area (Å²) in [6.45, 7) is 1.34. The largest absolute Gasteiger partial charge is 0.480 e. The number of urea groups is 1. The molecule has 0 aliphatic heterocycles. The van der Waals surface area contributed by atoms with E-state index in [4.69, 9.17) is 10.8 Å². The molecule has 0 heterocycles. The van der Waals surface area contributed by atoms with E-state index in [1.54, 1.807) is 6.92 Å². The molecule has 0 aromatic heterocycles. The first kappa shape index (κ1) is 13.2. The molecule has 0 bridgehead atoms. The average molecular weight is 217 g/mol. The Hall–Kier alpha value is -1.79. The number of carboxylic acids is 1. The molecule has 0 spiro atoms. The maximum absolute atomic E-state index is 11.3. The van der Waals surface area contributed by atoms with Crippen LogP contribution in [-0.2, 0) is 9.59 Å². The Kier molecular flexibility index (Phi) is 5.14. The highest BCUT2D eigenvalue weighted by Gasteiger charge is 2.24. The summed E-state index contributed by atoms with van der Waals surface area (Å²) >= 11 is 0. The maximum Gasteiger partial charge on any atom is 0.326 e. The fourth-order valence-corrected chi connectivity index (χ4v) is 1.04. The van der Waals surface area contributed by atoms with E-state index in [9.17, 15) is 14.4 Å². The Balaban J connectivity index is 4.28. The van der Waals surface area contributed by atoms with Gasteiger partial charge in [-0.1, -0.05) is 6.92 Å². The van der Waals surface area contributed by atoms with Gasteiger partial charge in [-0.3, -0.25) is 4.79 Å². The number of amides is 3. The van der Waals surface area contributed by atoms with Crippen LogP contribution in [0.15, 0.2) is 0 Å². The molecule has 0 aliphatic rings. The van der Waals surface area contributed by atoms with Gasteiger partial charge in [0.1, 0.15) is 6.04 Å². The molecule has 4 N–H and O–H groups in total. The first-order valence-corrected chi connectivity index (χ1v) is 4.41. The lowest BCUT2D eigenvalue weighted by atomic mass is 10.2. The van der Waals surface area contributed by atoms with Crippen LogP contribution in [-0.4, -0.2) is 47.5 Å². The Morgan fingerprint density at radius 2 is 2.00 bits per heavy atom. The summed E-state index contributed by atoms with van der Waals surface area (Å²) in [5.74, 6) is -1.77. The van der Waals surface area contributed by atoms with Crippen LogP contribution >= 0.6 is 0 Å². The van der Waals surface area contributed by atoms with Crippen molar-refractivity contribution in [3.8, 4) is 0 Å². The van der Waals surface area contributed by atoms with Crippen molar-refractivity contribution in [2.24, 2.45) is 5.73 Å². The Labute approximate surface area is 87.2 Å². The van der Waals surface area contributed by atoms with E-state index in [2.05, 4.69) is 5.32 Å². The minimum absolute atomic E-state index is 0.288. The number of aliphatic carboxylic acids is 1. The molecular weight excluding hydrogens is 202 g/mol. The first-order valence-electron chi connectivity index (χ1n) is 4.41. The smallest absolute Gasteiger partial charge is 0.326 e. The van der Waals surface area contributed by atoms with Crippen molar-refractivity contribution in [2.45, 2.75) is 19.4 Å². The van der Waals surface area contributed by atoms with E-state index in [1.165, 1.54) is 7.05 Å². The predicted molar refractivity (Wildman–Crippen MR) is 52.1 cm³/mol. The molecule has 15 heavy (non-hydrogen) atoms. The number of hydrogen-bond acceptors (Lipinski definition) is 3. The van der Waals surface area contributed by atoms with Crippen molar-refractivity contribution in [3.05, 3.63) is 0 Å². The number of likely N-dealkylation sites (N-methyl/N-ethyl adjacent to an activating group) is 1. The van der Waals surface area contributed by atoms with Gasteiger partial charge in [0, 0.05) is 7.05 Å². The molecule has 3 amide bonds. The Morgan fingerprint density at radius 1 is 1.47 bits per heavy atom. The summed E-state index contributed by atoms with van der Waals surface area (Å²) in [6.07, 6.45) is 0.288. The number of carbonyl (C=O) groups is 3. The summed E-state index contributed by atoms with van der Waals surface area (Å²) in [4.78, 5) is 33.4. The van der Waals surface area contributed by atoms with Crippen LogP contribution in [0.3, 0.4) is 0 Å². The van der Waals surface area contributed by atoms with Gasteiger partial charge in [0.2, 0.25) is 5.91 Å². The van der Waals surface area contributed by atoms with Crippen LogP contribution in [0.25, 0.3) is 0 Å². The molecule has 0 aromatic carbocycles. The monoisotopic (exact) mass is 217 g/mol. The van der Waals surface area contributed by atoms with Crippen LogP contribution in [0, 0.1) is 0 Å². The summed E-state index contributed by atoms with van der Waals surface area (Å²) in [7, 11) is 1.35. The molecule has 7 heteroatoms. The number of nitrogens with two attached hydrogens (primary N) is 1. The molecule has 1 atom stereocenters. The first-order chi connectivity index (χ1) is 6.90. The third-order valence-electron chi connectivity index (χ3n) is 1.87. The van der Waals surface area contributed by atoms with Crippen molar-refractivity contribution in [2.75, 3.05) is 13.6 Å². The molecule has 7 nitrogen and oxygen atoms in total. The van der Waals surface area contributed by atoms with Gasteiger partial charge < -0.3 is 21.1 Å². The highest BCUT2D eigenvalue weighted by atomic mass is 16.4. The summed E-state index contributed by atoms with van der Waals surface area (Å²) in [5, 5.41) is 11.0. The highest BCUT2D eigenvalue weighted by Crippen LogP contribution is 2.01. The normalized spacial score (nSPS) is 11.6. The summed E-state index contributed by atoms with van der Waals surface area (Å²) in [6, 6.07) is -1.54. The number of nitrogens with one attached hydrogen (secondary N) is 1. The number of carbonyl (C=O) groups excluding carboxylic acids is 2. The molecule has 0 radical (unpaired) electrons. The molecule has 0 aliphatic carbocycles. The van der Waals surface area contributed by atoms with Gasteiger partial charge in [0.05, 0.1) is 6.54 Å². The quantitative estimate of drug-likeness (QED) is 0.546. The van der Waals surface area contributed by atoms with Crippen LogP contribution in [0.4, 0.5) is 4.79 Å². The average Bonchev–Trinajstić information content (AvgIpc) is 2.14. The van der Waals surface area contributed by atoms with Crippen molar-refractivity contribution < 1.29 is 19.5 Å². The van der Waals surface area contributed by atoms with Gasteiger partial charge in [-0.05, 0) is 6.42 Å². The zero-order chi connectivity index (χ0) is 12.0. The standard InChI is InChI=1S/C8H15N3O4/c1-3-5(7(13)14)11(2)8(15)10-4-6(9)12/h5H,3-4H2,1-2H3,(H2,9,12)(H,10,15)(H,13,14). The number of primary amides is 1. The number of rotatable bonds is 5. The molecule has 0 saturated heterocycles. The van der Waals surface area contributed by atoms with Crippen molar-refractivity contribution in [1.29, 1.82) is 0 Å². The molecule has 0 fully saturated rings. The fraction of sp³-hybridized carbons (Fsp3) is 0.625. The van der Waals surface area contributed by atoms with Crippen LogP contribution in [0.1, 0.15) is 13.3 Å². The zero-order valence-electron chi connectivity index (χ0n) is 8.69. The molecule has 1 unspecified atom stereocenters. The van der Waals surface area contributed by atoms with E-state index < -0.39 is 23.9 Å². The van der Waals surface area contributed by atoms with Crippen molar-refractivity contribution in [1.82, 2.24) is 10.2 Å². The van der Waals surface area contributed by atoms with E-state index in [-0.39, 0.29) is 13.0 Å². The predicted octanol–water partition coefficient (Wildman–Crippen LogP) is -1.02. The Bertz CT molecular complexity index is 267.